The molecule has 2 aliphatic heterocycles. The topological polar surface area (TPSA) is 87.8 Å². The SMILES string of the molecule is CC(=O)O[C@@H]1COc2cc(N[C@@H]3COc4c3cccc4-n3c(-c4ccc(C)o4)nc4ccc(F)cc43)ccc21. The largest absolute Gasteiger partial charge is 0.489 e. The van der Waals surface area contributed by atoms with Gasteiger partial charge < -0.3 is 23.9 Å². The maximum Gasteiger partial charge on any atom is 0.303 e. The van der Waals surface area contributed by atoms with Crippen LogP contribution < -0.4 is 14.8 Å². The van der Waals surface area contributed by atoms with Gasteiger partial charge in [-0.2, -0.15) is 0 Å². The van der Waals surface area contributed by atoms with E-state index in [2.05, 4.69) is 5.32 Å². The van der Waals surface area contributed by atoms with Gasteiger partial charge in [-0.3, -0.25) is 9.36 Å². The van der Waals surface area contributed by atoms with E-state index in [1.165, 1.54) is 19.1 Å². The molecule has 8 nitrogen and oxygen atoms in total. The van der Waals surface area contributed by atoms with Crippen LogP contribution in [0.3, 0.4) is 0 Å². The number of carbonyl (C=O) groups excluding carboxylic acids is 1. The first kappa shape index (κ1) is 23.3. The lowest BCUT2D eigenvalue weighted by atomic mass is 10.1. The monoisotopic (exact) mass is 525 g/mol. The lowest BCUT2D eigenvalue weighted by molar-refractivity contribution is -0.147. The summed E-state index contributed by atoms with van der Waals surface area (Å²) in [4.78, 5) is 16.2. The number of aryl methyl sites for hydroxylation is 1. The summed E-state index contributed by atoms with van der Waals surface area (Å²) >= 11 is 0. The third-order valence-corrected chi connectivity index (χ3v) is 7.01. The fourth-order valence-corrected chi connectivity index (χ4v) is 5.31. The van der Waals surface area contributed by atoms with Crippen LogP contribution in [0, 0.1) is 12.7 Å². The van der Waals surface area contributed by atoms with E-state index in [1.54, 1.807) is 6.07 Å². The standard InChI is InChI=1S/C30H24FN3O5/c1-16-6-11-26(38-16)30-33-22-10-7-18(31)12-25(22)34(30)24-5-3-4-20-23(14-37-29(20)24)32-19-8-9-21-27(13-19)36-15-28(21)39-17(2)35/h3-13,23,28,32H,14-15H2,1-2H3/t23-,28-/m1/s1. The van der Waals surface area contributed by atoms with Gasteiger partial charge in [0.25, 0.3) is 0 Å². The number of furan rings is 1. The number of nitrogens with one attached hydrogen (secondary N) is 1. The summed E-state index contributed by atoms with van der Waals surface area (Å²) in [5, 5.41) is 3.53. The number of nitrogens with zero attached hydrogens (tertiary/aromatic N) is 2. The second kappa shape index (κ2) is 8.90. The summed E-state index contributed by atoms with van der Waals surface area (Å²) in [6.45, 7) is 3.96. The highest BCUT2D eigenvalue weighted by molar-refractivity contribution is 5.83. The molecule has 0 radical (unpaired) electrons. The first-order valence-corrected chi connectivity index (χ1v) is 12.7. The van der Waals surface area contributed by atoms with Gasteiger partial charge >= 0.3 is 5.97 Å². The molecule has 0 fully saturated rings. The lowest BCUT2D eigenvalue weighted by Crippen LogP contribution is -2.12. The average Bonchev–Trinajstić information content (AvgIpc) is 3.69. The minimum Gasteiger partial charge on any atom is -0.489 e. The molecule has 2 aliphatic rings. The van der Waals surface area contributed by atoms with E-state index in [1.807, 2.05) is 60.0 Å². The molecule has 9 heteroatoms. The van der Waals surface area contributed by atoms with E-state index in [-0.39, 0.29) is 17.8 Å². The fraction of sp³-hybridized carbons (Fsp3) is 0.200. The van der Waals surface area contributed by atoms with Crippen LogP contribution in [0.15, 0.2) is 71.1 Å². The minimum atomic E-state index is -0.397. The number of anilines is 1. The molecule has 0 amide bonds. The number of halogens is 1. The maximum absolute atomic E-state index is 14.4. The van der Waals surface area contributed by atoms with Crippen LogP contribution in [0.5, 0.6) is 11.5 Å². The average molecular weight is 526 g/mol. The van der Waals surface area contributed by atoms with E-state index in [0.29, 0.717) is 47.3 Å². The first-order chi connectivity index (χ1) is 18.9. The highest BCUT2D eigenvalue weighted by Crippen LogP contribution is 2.43. The highest BCUT2D eigenvalue weighted by atomic mass is 19.1. The van der Waals surface area contributed by atoms with E-state index < -0.39 is 6.10 Å². The summed E-state index contributed by atoms with van der Waals surface area (Å²) in [6.07, 6.45) is -0.397. The molecule has 196 valence electrons. The number of para-hydroxylation sites is 1. The quantitative estimate of drug-likeness (QED) is 0.270. The highest BCUT2D eigenvalue weighted by Gasteiger charge is 2.31. The zero-order valence-electron chi connectivity index (χ0n) is 21.2. The second-order valence-corrected chi connectivity index (χ2v) is 9.68. The zero-order chi connectivity index (χ0) is 26.7. The van der Waals surface area contributed by atoms with Gasteiger partial charge in [0.1, 0.15) is 36.3 Å². The number of aromatic nitrogens is 2. The number of fused-ring (bicyclic) bond motifs is 3. The van der Waals surface area contributed by atoms with Gasteiger partial charge in [0, 0.05) is 35.9 Å². The van der Waals surface area contributed by atoms with Crippen molar-refractivity contribution in [2.45, 2.75) is 26.0 Å². The Bertz CT molecular complexity index is 1760. The van der Waals surface area contributed by atoms with Crippen LogP contribution in [0.1, 0.15) is 36.0 Å². The Labute approximate surface area is 222 Å². The van der Waals surface area contributed by atoms with Gasteiger partial charge in [-0.15, -0.1) is 0 Å². The number of rotatable bonds is 5. The van der Waals surface area contributed by atoms with Crippen LogP contribution in [0.4, 0.5) is 10.1 Å². The molecule has 0 spiro atoms. The first-order valence-electron chi connectivity index (χ1n) is 12.7. The fourth-order valence-electron chi connectivity index (χ4n) is 5.31. The maximum atomic E-state index is 14.4. The van der Waals surface area contributed by atoms with Crippen LogP contribution in [0.2, 0.25) is 0 Å². The summed E-state index contributed by atoms with van der Waals surface area (Å²) in [5.74, 6) is 2.59. The third kappa shape index (κ3) is 3.98. The Hall–Kier alpha value is -4.79. The number of hydrogen-bond donors (Lipinski definition) is 1. The third-order valence-electron chi connectivity index (χ3n) is 7.01. The molecule has 5 aromatic rings. The predicted molar refractivity (Wildman–Crippen MR) is 142 cm³/mol. The van der Waals surface area contributed by atoms with Crippen LogP contribution in [-0.4, -0.2) is 28.7 Å². The van der Waals surface area contributed by atoms with E-state index in [0.717, 1.165) is 28.3 Å². The number of hydrogen-bond acceptors (Lipinski definition) is 7. The number of ether oxygens (including phenoxy) is 3. The molecule has 7 rings (SSSR count). The van der Waals surface area contributed by atoms with Crippen molar-refractivity contribution in [3.8, 4) is 28.8 Å². The van der Waals surface area contributed by atoms with Crippen LogP contribution >= 0.6 is 0 Å². The smallest absolute Gasteiger partial charge is 0.303 e. The van der Waals surface area contributed by atoms with Crippen molar-refractivity contribution in [2.75, 3.05) is 18.5 Å². The van der Waals surface area contributed by atoms with E-state index in [9.17, 15) is 9.18 Å². The molecular weight excluding hydrogens is 501 g/mol. The van der Waals surface area contributed by atoms with Gasteiger partial charge in [-0.05, 0) is 49.4 Å². The molecule has 1 N–H and O–H groups in total. The van der Waals surface area contributed by atoms with Crippen LogP contribution in [0.25, 0.3) is 28.3 Å². The number of benzene rings is 3. The van der Waals surface area contributed by atoms with Gasteiger partial charge in [-0.1, -0.05) is 12.1 Å². The molecule has 39 heavy (non-hydrogen) atoms. The van der Waals surface area contributed by atoms with Crippen molar-refractivity contribution >= 4 is 22.7 Å². The Morgan fingerprint density at radius 2 is 1.95 bits per heavy atom. The zero-order valence-corrected chi connectivity index (χ0v) is 21.2. The normalized spacial score (nSPS) is 17.4. The Balaban J connectivity index is 1.26. The van der Waals surface area contributed by atoms with Crippen molar-refractivity contribution in [3.05, 3.63) is 89.4 Å². The molecule has 0 saturated carbocycles. The van der Waals surface area contributed by atoms with Crippen molar-refractivity contribution < 1.29 is 27.8 Å². The molecule has 3 aromatic carbocycles. The molecule has 4 heterocycles. The Kier molecular flexibility index (Phi) is 5.33. The molecule has 2 atom stereocenters. The summed E-state index contributed by atoms with van der Waals surface area (Å²) in [5.41, 5.74) is 4.68. The Morgan fingerprint density at radius 3 is 2.77 bits per heavy atom. The van der Waals surface area contributed by atoms with Crippen molar-refractivity contribution in [1.29, 1.82) is 0 Å². The molecule has 0 unspecified atom stereocenters. The summed E-state index contributed by atoms with van der Waals surface area (Å²) < 4.78 is 39.5. The lowest BCUT2D eigenvalue weighted by Gasteiger charge is -2.15. The van der Waals surface area contributed by atoms with Crippen molar-refractivity contribution in [1.82, 2.24) is 9.55 Å². The van der Waals surface area contributed by atoms with Gasteiger partial charge in [0.15, 0.2) is 17.7 Å². The van der Waals surface area contributed by atoms with E-state index >= 15 is 0 Å². The molecule has 0 bridgehead atoms. The van der Waals surface area contributed by atoms with Crippen molar-refractivity contribution in [3.63, 3.8) is 0 Å². The van der Waals surface area contributed by atoms with E-state index in [4.69, 9.17) is 23.6 Å². The molecule has 0 aliphatic carbocycles. The minimum absolute atomic E-state index is 0.135. The number of esters is 1. The number of imidazole rings is 1. The van der Waals surface area contributed by atoms with Crippen molar-refractivity contribution in [2.24, 2.45) is 0 Å². The van der Waals surface area contributed by atoms with Gasteiger partial charge in [0.2, 0.25) is 0 Å². The predicted octanol–water partition coefficient (Wildman–Crippen LogP) is 6.28. The summed E-state index contributed by atoms with van der Waals surface area (Å²) in [7, 11) is 0. The second-order valence-electron chi connectivity index (χ2n) is 9.68. The Morgan fingerprint density at radius 1 is 1.05 bits per heavy atom. The van der Waals surface area contributed by atoms with Gasteiger partial charge in [-0.25, -0.2) is 9.37 Å². The summed E-state index contributed by atoms with van der Waals surface area (Å²) in [6, 6.07) is 19.8. The molecular formula is C30H24FN3O5. The van der Waals surface area contributed by atoms with Gasteiger partial charge in [0.05, 0.1) is 22.8 Å². The molecule has 2 aromatic heterocycles. The van der Waals surface area contributed by atoms with Crippen LogP contribution in [-0.2, 0) is 9.53 Å². The number of carbonyl (C=O) groups is 1. The molecule has 0 saturated heterocycles.